The molecule has 1 N–H and O–H groups in total. The molecule has 0 saturated heterocycles. The Bertz CT molecular complexity index is 340. The lowest BCUT2D eigenvalue weighted by Crippen LogP contribution is -2.32. The van der Waals surface area contributed by atoms with Gasteiger partial charge in [-0.25, -0.2) is 0 Å². The molecule has 0 aliphatic rings. The van der Waals surface area contributed by atoms with E-state index in [4.69, 9.17) is 21.4 Å². The molecule has 1 aromatic rings. The molecule has 0 amide bonds. The minimum Gasteiger partial charge on any atom is -0.480 e. The van der Waals surface area contributed by atoms with Gasteiger partial charge in [-0.3, -0.25) is 4.79 Å². The van der Waals surface area contributed by atoms with Crippen LogP contribution < -0.4 is 4.90 Å². The number of carboxylic acids is 1. The molecule has 16 heavy (non-hydrogen) atoms. The first-order valence-corrected chi connectivity index (χ1v) is 5.22. The van der Waals surface area contributed by atoms with E-state index in [1.54, 1.807) is 36.3 Å². The molecule has 0 bridgehead atoms. The van der Waals surface area contributed by atoms with Crippen LogP contribution in [-0.4, -0.2) is 37.9 Å². The number of methoxy groups -OCH3 is 1. The standard InChI is InChI=1S/C11H14ClNO3/c1-16-7-6-13(8-11(14)15)10-4-2-9(12)3-5-10/h2-5H,6-8H2,1H3,(H,14,15). The summed E-state index contributed by atoms with van der Waals surface area (Å²) in [5, 5.41) is 9.42. The van der Waals surface area contributed by atoms with Gasteiger partial charge >= 0.3 is 5.97 Å². The molecular formula is C11H14ClNO3. The summed E-state index contributed by atoms with van der Waals surface area (Å²) in [7, 11) is 1.58. The van der Waals surface area contributed by atoms with Crippen LogP contribution in [0, 0.1) is 0 Å². The van der Waals surface area contributed by atoms with E-state index in [1.807, 2.05) is 0 Å². The van der Waals surface area contributed by atoms with Crippen LogP contribution >= 0.6 is 11.6 Å². The van der Waals surface area contributed by atoms with Crippen molar-refractivity contribution in [2.45, 2.75) is 0 Å². The number of nitrogens with zero attached hydrogens (tertiary/aromatic N) is 1. The summed E-state index contributed by atoms with van der Waals surface area (Å²) < 4.78 is 4.94. The van der Waals surface area contributed by atoms with Crippen LogP contribution in [0.3, 0.4) is 0 Å². The summed E-state index contributed by atoms with van der Waals surface area (Å²) in [6.45, 7) is 0.964. The van der Waals surface area contributed by atoms with Gasteiger partial charge in [-0.1, -0.05) is 11.6 Å². The molecular weight excluding hydrogens is 230 g/mol. The zero-order valence-electron chi connectivity index (χ0n) is 9.02. The molecule has 0 aliphatic heterocycles. The largest absolute Gasteiger partial charge is 0.480 e. The van der Waals surface area contributed by atoms with E-state index in [9.17, 15) is 4.79 Å². The van der Waals surface area contributed by atoms with Crippen molar-refractivity contribution in [3.05, 3.63) is 29.3 Å². The maximum absolute atomic E-state index is 10.7. The van der Waals surface area contributed by atoms with Gasteiger partial charge in [0, 0.05) is 24.4 Å². The Hall–Kier alpha value is -1.26. The molecule has 0 fully saturated rings. The molecule has 0 atom stereocenters. The van der Waals surface area contributed by atoms with Crippen molar-refractivity contribution in [1.82, 2.24) is 0 Å². The Morgan fingerprint density at radius 3 is 2.56 bits per heavy atom. The molecule has 88 valence electrons. The quantitative estimate of drug-likeness (QED) is 0.829. The van der Waals surface area contributed by atoms with E-state index in [0.29, 0.717) is 18.2 Å². The molecule has 4 nitrogen and oxygen atoms in total. The average molecular weight is 244 g/mol. The number of ether oxygens (including phenoxy) is 1. The number of halogens is 1. The van der Waals surface area contributed by atoms with E-state index in [-0.39, 0.29) is 6.54 Å². The van der Waals surface area contributed by atoms with Crippen LogP contribution in [0.5, 0.6) is 0 Å². The maximum atomic E-state index is 10.7. The number of anilines is 1. The molecule has 0 aliphatic carbocycles. The minimum atomic E-state index is -0.869. The molecule has 0 heterocycles. The smallest absolute Gasteiger partial charge is 0.323 e. The summed E-state index contributed by atoms with van der Waals surface area (Å²) >= 11 is 5.77. The van der Waals surface area contributed by atoms with Gasteiger partial charge in [-0.15, -0.1) is 0 Å². The number of aliphatic carboxylic acids is 1. The van der Waals surface area contributed by atoms with Crippen LogP contribution in [0.25, 0.3) is 0 Å². The predicted octanol–water partition coefficient (Wildman–Crippen LogP) is 1.88. The number of benzene rings is 1. The zero-order chi connectivity index (χ0) is 12.0. The van der Waals surface area contributed by atoms with Gasteiger partial charge in [-0.2, -0.15) is 0 Å². The SMILES string of the molecule is COCCN(CC(=O)O)c1ccc(Cl)cc1. The second kappa shape index (κ2) is 6.35. The number of carbonyl (C=O) groups is 1. The fourth-order valence-electron chi connectivity index (χ4n) is 1.32. The first-order valence-electron chi connectivity index (χ1n) is 4.84. The van der Waals surface area contributed by atoms with E-state index >= 15 is 0 Å². The minimum absolute atomic E-state index is 0.0506. The van der Waals surface area contributed by atoms with Gasteiger partial charge in [0.25, 0.3) is 0 Å². The Morgan fingerprint density at radius 2 is 2.06 bits per heavy atom. The van der Waals surface area contributed by atoms with E-state index in [2.05, 4.69) is 0 Å². The molecule has 5 heteroatoms. The van der Waals surface area contributed by atoms with Gasteiger partial charge in [0.15, 0.2) is 0 Å². The number of hydrogen-bond donors (Lipinski definition) is 1. The molecule has 0 unspecified atom stereocenters. The highest BCUT2D eigenvalue weighted by Gasteiger charge is 2.09. The number of rotatable bonds is 6. The van der Waals surface area contributed by atoms with Crippen LogP contribution in [0.2, 0.25) is 5.02 Å². The highest BCUT2D eigenvalue weighted by molar-refractivity contribution is 6.30. The van der Waals surface area contributed by atoms with Crippen molar-refractivity contribution in [2.75, 3.05) is 31.7 Å². The Morgan fingerprint density at radius 1 is 1.44 bits per heavy atom. The molecule has 0 spiro atoms. The van der Waals surface area contributed by atoms with Crippen LogP contribution in [0.15, 0.2) is 24.3 Å². The molecule has 0 saturated carbocycles. The third kappa shape index (κ3) is 4.08. The van der Waals surface area contributed by atoms with E-state index in [0.717, 1.165) is 5.69 Å². The van der Waals surface area contributed by atoms with Crippen molar-refractivity contribution in [3.8, 4) is 0 Å². The van der Waals surface area contributed by atoms with Crippen molar-refractivity contribution >= 4 is 23.3 Å². The van der Waals surface area contributed by atoms with Crippen molar-refractivity contribution in [3.63, 3.8) is 0 Å². The topological polar surface area (TPSA) is 49.8 Å². The Kier molecular flexibility index (Phi) is 5.08. The normalized spacial score (nSPS) is 10.1. The molecule has 1 rings (SSSR count). The van der Waals surface area contributed by atoms with Crippen LogP contribution in [0.1, 0.15) is 0 Å². The highest BCUT2D eigenvalue weighted by atomic mass is 35.5. The fraction of sp³-hybridized carbons (Fsp3) is 0.364. The van der Waals surface area contributed by atoms with E-state index in [1.165, 1.54) is 0 Å². The Labute approximate surface area is 99.4 Å². The summed E-state index contributed by atoms with van der Waals surface area (Å²) in [4.78, 5) is 12.4. The lowest BCUT2D eigenvalue weighted by Gasteiger charge is -2.22. The summed E-state index contributed by atoms with van der Waals surface area (Å²) in [5.74, 6) is -0.869. The second-order valence-corrected chi connectivity index (χ2v) is 3.72. The first kappa shape index (κ1) is 12.8. The predicted molar refractivity (Wildman–Crippen MR) is 63.2 cm³/mol. The zero-order valence-corrected chi connectivity index (χ0v) is 9.78. The van der Waals surface area contributed by atoms with Gasteiger partial charge in [0.1, 0.15) is 6.54 Å². The van der Waals surface area contributed by atoms with Gasteiger partial charge in [0.2, 0.25) is 0 Å². The average Bonchev–Trinajstić information content (AvgIpc) is 2.25. The molecule has 1 aromatic carbocycles. The summed E-state index contributed by atoms with van der Waals surface area (Å²) in [5.41, 5.74) is 0.823. The van der Waals surface area contributed by atoms with Crippen molar-refractivity contribution in [2.24, 2.45) is 0 Å². The van der Waals surface area contributed by atoms with Gasteiger partial charge in [0.05, 0.1) is 6.61 Å². The van der Waals surface area contributed by atoms with Crippen molar-refractivity contribution in [1.29, 1.82) is 0 Å². The first-order chi connectivity index (χ1) is 7.63. The number of carboxylic acid groups (broad SMARTS) is 1. The monoisotopic (exact) mass is 243 g/mol. The third-order valence-electron chi connectivity index (χ3n) is 2.08. The highest BCUT2D eigenvalue weighted by Crippen LogP contribution is 2.17. The third-order valence-corrected chi connectivity index (χ3v) is 2.34. The second-order valence-electron chi connectivity index (χ2n) is 3.28. The lowest BCUT2D eigenvalue weighted by molar-refractivity contribution is -0.135. The molecule has 0 aromatic heterocycles. The number of hydrogen-bond acceptors (Lipinski definition) is 3. The Balaban J connectivity index is 2.74. The van der Waals surface area contributed by atoms with Gasteiger partial charge < -0.3 is 14.7 Å². The summed E-state index contributed by atoms with van der Waals surface area (Å²) in [6, 6.07) is 7.05. The lowest BCUT2D eigenvalue weighted by atomic mass is 10.3. The van der Waals surface area contributed by atoms with E-state index < -0.39 is 5.97 Å². The van der Waals surface area contributed by atoms with Crippen molar-refractivity contribution < 1.29 is 14.6 Å². The van der Waals surface area contributed by atoms with Gasteiger partial charge in [-0.05, 0) is 24.3 Å². The summed E-state index contributed by atoms with van der Waals surface area (Å²) in [6.07, 6.45) is 0. The fourth-order valence-corrected chi connectivity index (χ4v) is 1.44. The molecule has 0 radical (unpaired) electrons. The van der Waals surface area contributed by atoms with Crippen LogP contribution in [0.4, 0.5) is 5.69 Å². The maximum Gasteiger partial charge on any atom is 0.323 e. The van der Waals surface area contributed by atoms with Crippen LogP contribution in [-0.2, 0) is 9.53 Å².